The Balaban J connectivity index is 2.98. The standard InChI is InChI=1S/C13H20N2O3/c1-7(2)6-14-12(16)11-8(3)10(9(4)15-11)13(17)18-5/h7,15H,6H2,1-5H3,(H,14,16). The summed E-state index contributed by atoms with van der Waals surface area (Å²) in [5.41, 5.74) is 2.13. The van der Waals surface area contributed by atoms with Gasteiger partial charge in [0.2, 0.25) is 0 Å². The molecule has 1 aromatic rings. The van der Waals surface area contributed by atoms with Crippen LogP contribution in [0.3, 0.4) is 0 Å². The Kier molecular flexibility index (Phi) is 4.53. The van der Waals surface area contributed by atoms with E-state index in [0.717, 1.165) is 0 Å². The summed E-state index contributed by atoms with van der Waals surface area (Å²) in [5.74, 6) is -0.242. The quantitative estimate of drug-likeness (QED) is 0.803. The van der Waals surface area contributed by atoms with Crippen LogP contribution in [0.1, 0.15) is 46.0 Å². The van der Waals surface area contributed by atoms with Crippen molar-refractivity contribution >= 4 is 11.9 Å². The zero-order chi connectivity index (χ0) is 13.9. The first-order chi connectivity index (χ1) is 8.38. The number of carbonyl (C=O) groups excluding carboxylic acids is 2. The van der Waals surface area contributed by atoms with Gasteiger partial charge in [-0.05, 0) is 25.3 Å². The number of aryl methyl sites for hydroxylation is 1. The summed E-state index contributed by atoms with van der Waals surface area (Å²) < 4.78 is 4.70. The molecule has 0 unspecified atom stereocenters. The van der Waals surface area contributed by atoms with E-state index in [4.69, 9.17) is 4.74 Å². The van der Waals surface area contributed by atoms with Crippen LogP contribution < -0.4 is 5.32 Å². The Bertz CT molecular complexity index is 461. The van der Waals surface area contributed by atoms with E-state index in [9.17, 15) is 9.59 Å². The second kappa shape index (κ2) is 5.71. The van der Waals surface area contributed by atoms with Gasteiger partial charge < -0.3 is 15.0 Å². The minimum absolute atomic E-state index is 0.195. The number of aromatic nitrogens is 1. The third-order valence-corrected chi connectivity index (χ3v) is 2.72. The first-order valence-electron chi connectivity index (χ1n) is 5.94. The lowest BCUT2D eigenvalue weighted by Crippen LogP contribution is -2.28. The van der Waals surface area contributed by atoms with E-state index < -0.39 is 5.97 Å². The summed E-state index contributed by atoms with van der Waals surface area (Å²) in [6.45, 7) is 8.13. The lowest BCUT2D eigenvalue weighted by molar-refractivity contribution is 0.0599. The average Bonchev–Trinajstić information content (AvgIpc) is 2.61. The summed E-state index contributed by atoms with van der Waals surface area (Å²) in [6, 6.07) is 0. The summed E-state index contributed by atoms with van der Waals surface area (Å²) in [5, 5.41) is 2.81. The van der Waals surface area contributed by atoms with E-state index in [2.05, 4.69) is 10.3 Å². The molecule has 0 saturated heterocycles. The van der Waals surface area contributed by atoms with Gasteiger partial charge in [-0.2, -0.15) is 0 Å². The number of methoxy groups -OCH3 is 1. The first-order valence-corrected chi connectivity index (χ1v) is 5.94. The number of aromatic amines is 1. The van der Waals surface area contributed by atoms with Gasteiger partial charge in [-0.1, -0.05) is 13.8 Å². The molecule has 2 N–H and O–H groups in total. The maximum atomic E-state index is 12.0. The topological polar surface area (TPSA) is 71.2 Å². The summed E-state index contributed by atoms with van der Waals surface area (Å²) >= 11 is 0. The monoisotopic (exact) mass is 252 g/mol. The van der Waals surface area contributed by atoms with Gasteiger partial charge >= 0.3 is 5.97 Å². The first kappa shape index (κ1) is 14.3. The number of esters is 1. The number of amides is 1. The summed E-state index contributed by atoms with van der Waals surface area (Å²) in [7, 11) is 1.33. The van der Waals surface area contributed by atoms with Gasteiger partial charge in [-0.3, -0.25) is 4.79 Å². The molecule has 100 valence electrons. The molecule has 0 atom stereocenters. The third kappa shape index (κ3) is 2.91. The summed E-state index contributed by atoms with van der Waals surface area (Å²) in [6.07, 6.45) is 0. The molecule has 0 aliphatic heterocycles. The molecule has 0 fully saturated rings. The predicted molar refractivity (Wildman–Crippen MR) is 68.8 cm³/mol. The van der Waals surface area contributed by atoms with Crippen molar-refractivity contribution in [1.82, 2.24) is 10.3 Å². The van der Waals surface area contributed by atoms with Crippen molar-refractivity contribution in [3.63, 3.8) is 0 Å². The lowest BCUT2D eigenvalue weighted by Gasteiger charge is -2.07. The van der Waals surface area contributed by atoms with Gasteiger partial charge in [0.1, 0.15) is 5.69 Å². The highest BCUT2D eigenvalue weighted by atomic mass is 16.5. The molecule has 0 aromatic carbocycles. The number of ether oxygens (including phenoxy) is 1. The van der Waals surface area contributed by atoms with E-state index in [0.29, 0.717) is 35.0 Å². The molecule has 1 aromatic heterocycles. The number of H-pyrrole nitrogens is 1. The van der Waals surface area contributed by atoms with E-state index in [1.54, 1.807) is 13.8 Å². The highest BCUT2D eigenvalue weighted by molar-refractivity contribution is 6.00. The Morgan fingerprint density at radius 1 is 1.33 bits per heavy atom. The van der Waals surface area contributed by atoms with E-state index in [-0.39, 0.29) is 5.91 Å². The Morgan fingerprint density at radius 2 is 1.94 bits per heavy atom. The number of hydrogen-bond donors (Lipinski definition) is 2. The van der Waals surface area contributed by atoms with Crippen LogP contribution >= 0.6 is 0 Å². The molecular formula is C13H20N2O3. The maximum Gasteiger partial charge on any atom is 0.339 e. The molecule has 0 spiro atoms. The van der Waals surface area contributed by atoms with E-state index >= 15 is 0 Å². The van der Waals surface area contributed by atoms with Crippen LogP contribution in [-0.2, 0) is 4.74 Å². The van der Waals surface area contributed by atoms with Gasteiger partial charge in [0, 0.05) is 12.2 Å². The molecule has 18 heavy (non-hydrogen) atoms. The molecule has 1 amide bonds. The predicted octanol–water partition coefficient (Wildman–Crippen LogP) is 1.80. The summed E-state index contributed by atoms with van der Waals surface area (Å²) in [4.78, 5) is 26.5. The minimum atomic E-state index is -0.427. The molecule has 0 saturated carbocycles. The molecule has 0 radical (unpaired) electrons. The van der Waals surface area contributed by atoms with Gasteiger partial charge in [0.05, 0.1) is 12.7 Å². The second-order valence-electron chi connectivity index (χ2n) is 4.72. The van der Waals surface area contributed by atoms with Crippen molar-refractivity contribution in [3.8, 4) is 0 Å². The van der Waals surface area contributed by atoms with Gasteiger partial charge in [-0.15, -0.1) is 0 Å². The van der Waals surface area contributed by atoms with Crippen molar-refractivity contribution in [3.05, 3.63) is 22.5 Å². The normalized spacial score (nSPS) is 10.6. The van der Waals surface area contributed by atoms with Gasteiger partial charge in [0.15, 0.2) is 0 Å². The van der Waals surface area contributed by atoms with Crippen LogP contribution in [0.15, 0.2) is 0 Å². The van der Waals surface area contributed by atoms with Gasteiger partial charge in [0.25, 0.3) is 5.91 Å². The Morgan fingerprint density at radius 3 is 2.44 bits per heavy atom. The lowest BCUT2D eigenvalue weighted by atomic mass is 10.1. The number of nitrogens with one attached hydrogen (secondary N) is 2. The van der Waals surface area contributed by atoms with Crippen LogP contribution in [0.4, 0.5) is 0 Å². The zero-order valence-corrected chi connectivity index (χ0v) is 11.5. The molecule has 0 aliphatic carbocycles. The number of hydrogen-bond acceptors (Lipinski definition) is 3. The number of rotatable bonds is 4. The SMILES string of the molecule is COC(=O)c1c(C)[nH]c(C(=O)NCC(C)C)c1C. The zero-order valence-electron chi connectivity index (χ0n) is 11.5. The van der Waals surface area contributed by atoms with Crippen molar-refractivity contribution in [2.75, 3.05) is 13.7 Å². The third-order valence-electron chi connectivity index (χ3n) is 2.72. The molecular weight excluding hydrogens is 232 g/mol. The van der Waals surface area contributed by atoms with Crippen LogP contribution in [0.25, 0.3) is 0 Å². The smallest absolute Gasteiger partial charge is 0.339 e. The maximum absolute atomic E-state index is 12.0. The van der Waals surface area contributed by atoms with Crippen molar-refractivity contribution in [2.45, 2.75) is 27.7 Å². The molecule has 0 aliphatic rings. The highest BCUT2D eigenvalue weighted by Crippen LogP contribution is 2.18. The minimum Gasteiger partial charge on any atom is -0.465 e. The molecule has 5 nitrogen and oxygen atoms in total. The Labute approximate surface area is 107 Å². The van der Waals surface area contributed by atoms with Crippen molar-refractivity contribution in [2.24, 2.45) is 5.92 Å². The highest BCUT2D eigenvalue weighted by Gasteiger charge is 2.22. The van der Waals surface area contributed by atoms with Crippen LogP contribution in [0.5, 0.6) is 0 Å². The van der Waals surface area contributed by atoms with Gasteiger partial charge in [-0.25, -0.2) is 4.79 Å². The van der Waals surface area contributed by atoms with E-state index in [1.807, 2.05) is 13.8 Å². The van der Waals surface area contributed by atoms with Crippen LogP contribution in [0, 0.1) is 19.8 Å². The van der Waals surface area contributed by atoms with Crippen LogP contribution in [-0.4, -0.2) is 30.5 Å². The molecule has 5 heteroatoms. The van der Waals surface area contributed by atoms with Crippen molar-refractivity contribution < 1.29 is 14.3 Å². The van der Waals surface area contributed by atoms with Crippen LogP contribution in [0.2, 0.25) is 0 Å². The second-order valence-corrected chi connectivity index (χ2v) is 4.72. The Hall–Kier alpha value is -1.78. The molecule has 0 bridgehead atoms. The fourth-order valence-corrected chi connectivity index (χ4v) is 1.77. The van der Waals surface area contributed by atoms with E-state index in [1.165, 1.54) is 7.11 Å². The number of carbonyl (C=O) groups is 2. The molecule has 1 heterocycles. The average molecular weight is 252 g/mol. The van der Waals surface area contributed by atoms with Crippen molar-refractivity contribution in [1.29, 1.82) is 0 Å². The molecule has 1 rings (SSSR count). The largest absolute Gasteiger partial charge is 0.465 e. The fraction of sp³-hybridized carbons (Fsp3) is 0.538. The fourth-order valence-electron chi connectivity index (χ4n) is 1.77.